The van der Waals surface area contributed by atoms with Crippen molar-refractivity contribution in [3.05, 3.63) is 89.7 Å². The third-order valence-electron chi connectivity index (χ3n) is 5.34. The molecule has 0 radical (unpaired) electrons. The second-order valence-electron chi connectivity index (χ2n) is 7.99. The van der Waals surface area contributed by atoms with Gasteiger partial charge >= 0.3 is 0 Å². The number of benzene rings is 3. The first-order valence-electron chi connectivity index (χ1n) is 10.9. The van der Waals surface area contributed by atoms with Gasteiger partial charge in [-0.3, -0.25) is 4.79 Å². The Balaban J connectivity index is 1.40. The molecule has 1 atom stereocenters. The number of nitrogens with one attached hydrogen (secondary N) is 1. The highest BCUT2D eigenvalue weighted by molar-refractivity contribution is 8.00. The summed E-state index contributed by atoms with van der Waals surface area (Å²) in [4.78, 5) is 12.9. The van der Waals surface area contributed by atoms with Crippen LogP contribution in [0.15, 0.2) is 78.0 Å². The van der Waals surface area contributed by atoms with Gasteiger partial charge < -0.3 is 15.9 Å². The third-order valence-corrected chi connectivity index (χ3v) is 6.40. The number of carbonyl (C=O) groups is 1. The van der Waals surface area contributed by atoms with Gasteiger partial charge in [-0.15, -0.1) is 10.2 Å². The minimum absolute atomic E-state index is 0.149. The molecule has 1 heterocycles. The molecule has 3 aromatic carbocycles. The summed E-state index contributed by atoms with van der Waals surface area (Å²) < 4.78 is 7.24. The normalized spacial score (nSPS) is 11.7. The molecule has 174 valence electrons. The molecule has 7 nitrogen and oxygen atoms in total. The van der Waals surface area contributed by atoms with Crippen molar-refractivity contribution in [3.63, 3.8) is 0 Å². The van der Waals surface area contributed by atoms with E-state index in [0.717, 1.165) is 28.1 Å². The second kappa shape index (κ2) is 10.4. The molecule has 1 aromatic heterocycles. The molecule has 0 aliphatic carbocycles. The molecular formula is C26H27N5O2S. The monoisotopic (exact) mass is 473 g/mol. The molecule has 4 rings (SSSR count). The molecule has 34 heavy (non-hydrogen) atoms. The van der Waals surface area contributed by atoms with Gasteiger partial charge in [-0.05, 0) is 44.0 Å². The van der Waals surface area contributed by atoms with E-state index in [9.17, 15) is 4.79 Å². The average Bonchev–Trinajstić information content (AvgIpc) is 3.18. The van der Waals surface area contributed by atoms with Gasteiger partial charge in [0.2, 0.25) is 11.1 Å². The number of anilines is 1. The number of carbonyl (C=O) groups excluding carboxylic acids is 1. The number of aryl methyl sites for hydroxylation is 2. The third kappa shape index (κ3) is 5.40. The van der Waals surface area contributed by atoms with E-state index in [1.165, 1.54) is 22.0 Å². The van der Waals surface area contributed by atoms with E-state index in [2.05, 4.69) is 21.6 Å². The Morgan fingerprint density at radius 3 is 2.56 bits per heavy atom. The number of rotatable bonds is 8. The van der Waals surface area contributed by atoms with Crippen molar-refractivity contribution in [2.75, 3.05) is 11.2 Å². The first kappa shape index (κ1) is 23.4. The number of ether oxygens (including phenoxy) is 1. The molecular weight excluding hydrogens is 446 g/mol. The summed E-state index contributed by atoms with van der Waals surface area (Å²) in [6.45, 7) is 6.02. The maximum Gasteiger partial charge on any atom is 0.237 e. The van der Waals surface area contributed by atoms with Crippen molar-refractivity contribution in [3.8, 4) is 16.9 Å². The summed E-state index contributed by atoms with van der Waals surface area (Å²) >= 11 is 1.24. The van der Waals surface area contributed by atoms with Crippen LogP contribution in [-0.4, -0.2) is 26.0 Å². The molecule has 0 aliphatic heterocycles. The standard InChI is InChI=1S/C26H27N5O2S/c1-17-13-14-23(18(2)15-17)33-16-24-29-30-26(31(24)27)34-19(3)25(32)28-22-12-8-7-11-21(22)20-9-5-4-6-10-20/h4-15,19H,16,27H2,1-3H3,(H,28,32). The van der Waals surface area contributed by atoms with E-state index < -0.39 is 5.25 Å². The quantitative estimate of drug-likeness (QED) is 0.277. The Bertz CT molecular complexity index is 1290. The molecule has 0 fully saturated rings. The lowest BCUT2D eigenvalue weighted by atomic mass is 10.0. The fourth-order valence-corrected chi connectivity index (χ4v) is 4.29. The number of hydrogen-bond acceptors (Lipinski definition) is 6. The Morgan fingerprint density at radius 1 is 1.06 bits per heavy atom. The second-order valence-corrected chi connectivity index (χ2v) is 9.30. The minimum atomic E-state index is -0.441. The number of para-hydroxylation sites is 1. The lowest BCUT2D eigenvalue weighted by Gasteiger charge is -2.15. The number of thioether (sulfide) groups is 1. The Kier molecular flexibility index (Phi) is 7.18. The highest BCUT2D eigenvalue weighted by Gasteiger charge is 2.21. The number of nitrogens with zero attached hydrogens (tertiary/aromatic N) is 3. The Hall–Kier alpha value is -3.78. The summed E-state index contributed by atoms with van der Waals surface area (Å²) in [6.07, 6.45) is 0. The fraction of sp³-hybridized carbons (Fsp3) is 0.192. The zero-order valence-corrected chi connectivity index (χ0v) is 20.2. The first-order chi connectivity index (χ1) is 16.4. The van der Waals surface area contributed by atoms with Gasteiger partial charge in [-0.1, -0.05) is 78.0 Å². The molecule has 3 N–H and O–H groups in total. The van der Waals surface area contributed by atoms with Crippen molar-refractivity contribution >= 4 is 23.4 Å². The van der Waals surface area contributed by atoms with Crippen LogP contribution in [0.1, 0.15) is 23.9 Å². The molecule has 1 unspecified atom stereocenters. The Morgan fingerprint density at radius 2 is 1.79 bits per heavy atom. The molecule has 0 saturated heterocycles. The lowest BCUT2D eigenvalue weighted by molar-refractivity contribution is -0.115. The summed E-state index contributed by atoms with van der Waals surface area (Å²) in [5.74, 6) is 7.29. The molecule has 8 heteroatoms. The van der Waals surface area contributed by atoms with Crippen molar-refractivity contribution < 1.29 is 9.53 Å². The summed E-state index contributed by atoms with van der Waals surface area (Å²) in [5, 5.41) is 11.3. The van der Waals surface area contributed by atoms with Gasteiger partial charge in [-0.2, -0.15) is 0 Å². The summed E-state index contributed by atoms with van der Waals surface area (Å²) in [5.41, 5.74) is 4.96. The number of nitrogen functional groups attached to an aromatic ring is 1. The van der Waals surface area contributed by atoms with E-state index in [4.69, 9.17) is 10.6 Å². The minimum Gasteiger partial charge on any atom is -0.485 e. The SMILES string of the molecule is Cc1ccc(OCc2nnc(SC(C)C(=O)Nc3ccccc3-c3ccccc3)n2N)c(C)c1. The highest BCUT2D eigenvalue weighted by atomic mass is 32.2. The summed E-state index contributed by atoms with van der Waals surface area (Å²) in [7, 11) is 0. The number of aromatic nitrogens is 3. The smallest absolute Gasteiger partial charge is 0.237 e. The van der Waals surface area contributed by atoms with Gasteiger partial charge in [0.15, 0.2) is 5.82 Å². The van der Waals surface area contributed by atoms with Crippen LogP contribution in [0.2, 0.25) is 0 Å². The van der Waals surface area contributed by atoms with Crippen LogP contribution in [0.5, 0.6) is 5.75 Å². The van der Waals surface area contributed by atoms with Crippen molar-refractivity contribution in [2.45, 2.75) is 37.8 Å². The predicted molar refractivity (Wildman–Crippen MR) is 136 cm³/mol. The van der Waals surface area contributed by atoms with Crippen molar-refractivity contribution in [2.24, 2.45) is 0 Å². The van der Waals surface area contributed by atoms with Gasteiger partial charge in [0.05, 0.1) is 5.25 Å². The maximum absolute atomic E-state index is 12.9. The molecule has 0 bridgehead atoms. The van der Waals surface area contributed by atoms with Crippen LogP contribution in [-0.2, 0) is 11.4 Å². The van der Waals surface area contributed by atoms with Gasteiger partial charge in [0.25, 0.3) is 0 Å². The highest BCUT2D eigenvalue weighted by Crippen LogP contribution is 2.29. The number of hydrogen-bond donors (Lipinski definition) is 2. The molecule has 0 aliphatic rings. The number of amides is 1. The maximum atomic E-state index is 12.9. The first-order valence-corrected chi connectivity index (χ1v) is 11.8. The van der Waals surface area contributed by atoms with E-state index in [1.54, 1.807) is 0 Å². The van der Waals surface area contributed by atoms with Crippen LogP contribution in [0.3, 0.4) is 0 Å². The molecule has 0 spiro atoms. The van der Waals surface area contributed by atoms with E-state index in [-0.39, 0.29) is 12.5 Å². The van der Waals surface area contributed by atoms with E-state index in [0.29, 0.717) is 11.0 Å². The molecule has 4 aromatic rings. The van der Waals surface area contributed by atoms with Gasteiger partial charge in [0.1, 0.15) is 12.4 Å². The van der Waals surface area contributed by atoms with Crippen molar-refractivity contribution in [1.29, 1.82) is 0 Å². The van der Waals surface area contributed by atoms with Crippen LogP contribution in [0, 0.1) is 13.8 Å². The zero-order chi connectivity index (χ0) is 24.1. The van der Waals surface area contributed by atoms with Crippen LogP contribution in [0.4, 0.5) is 5.69 Å². The van der Waals surface area contributed by atoms with Crippen LogP contribution >= 0.6 is 11.8 Å². The van der Waals surface area contributed by atoms with Crippen LogP contribution in [0.25, 0.3) is 11.1 Å². The molecule has 1 amide bonds. The van der Waals surface area contributed by atoms with Crippen molar-refractivity contribution in [1.82, 2.24) is 14.9 Å². The lowest BCUT2D eigenvalue weighted by Crippen LogP contribution is -2.24. The molecule has 0 saturated carbocycles. The fourth-order valence-electron chi connectivity index (χ4n) is 3.50. The predicted octanol–water partition coefficient (Wildman–Crippen LogP) is 4.97. The largest absolute Gasteiger partial charge is 0.485 e. The van der Waals surface area contributed by atoms with E-state index >= 15 is 0 Å². The average molecular weight is 474 g/mol. The number of nitrogens with two attached hydrogens (primary N) is 1. The van der Waals surface area contributed by atoms with Crippen LogP contribution < -0.4 is 15.9 Å². The summed E-state index contributed by atoms with van der Waals surface area (Å²) in [6, 6.07) is 23.7. The topological polar surface area (TPSA) is 95.1 Å². The van der Waals surface area contributed by atoms with E-state index in [1.807, 2.05) is 87.5 Å². The van der Waals surface area contributed by atoms with Gasteiger partial charge in [-0.25, -0.2) is 4.68 Å². The zero-order valence-electron chi connectivity index (χ0n) is 19.4. The Labute approximate surface area is 203 Å². The van der Waals surface area contributed by atoms with Gasteiger partial charge in [0, 0.05) is 11.3 Å².